The van der Waals surface area contributed by atoms with Crippen molar-refractivity contribution in [1.29, 1.82) is 0 Å². The van der Waals surface area contributed by atoms with Crippen molar-refractivity contribution in [1.82, 2.24) is 9.80 Å². The normalized spacial score (nSPS) is 32.3. The zero-order chi connectivity index (χ0) is 22.4. The van der Waals surface area contributed by atoms with E-state index in [0.29, 0.717) is 11.8 Å². The maximum atomic E-state index is 10.4. The summed E-state index contributed by atoms with van der Waals surface area (Å²) in [7, 11) is 4.94. The molecule has 2 aromatic rings. The summed E-state index contributed by atoms with van der Waals surface area (Å²) < 4.78 is 16.7. The van der Waals surface area contributed by atoms with Gasteiger partial charge >= 0.3 is 0 Å². The molecular formula is C25H30N2O5. The van der Waals surface area contributed by atoms with Gasteiger partial charge in [-0.05, 0) is 66.3 Å². The molecular weight excluding hydrogens is 408 g/mol. The molecule has 2 aromatic carbocycles. The molecule has 0 aromatic heterocycles. The molecule has 0 spiro atoms. The minimum atomic E-state index is -0.140. The van der Waals surface area contributed by atoms with Crippen molar-refractivity contribution >= 4 is 0 Å². The van der Waals surface area contributed by atoms with Crippen LogP contribution < -0.4 is 14.2 Å². The minimum absolute atomic E-state index is 0.00204. The van der Waals surface area contributed by atoms with Gasteiger partial charge in [0.05, 0.1) is 40.0 Å². The lowest BCUT2D eigenvalue weighted by atomic mass is 9.74. The lowest BCUT2D eigenvalue weighted by Crippen LogP contribution is -2.71. The second-order valence-corrected chi connectivity index (χ2v) is 9.67. The maximum absolute atomic E-state index is 10.4. The number of aromatic hydroxyl groups is 1. The molecule has 4 aliphatic heterocycles. The van der Waals surface area contributed by atoms with Gasteiger partial charge in [-0.3, -0.25) is 9.80 Å². The van der Waals surface area contributed by atoms with E-state index in [2.05, 4.69) is 28.9 Å². The topological polar surface area (TPSA) is 74.6 Å². The number of aliphatic hydroxyl groups excluding tert-OH is 1. The Bertz CT molecular complexity index is 1100. The molecule has 7 heteroatoms. The van der Waals surface area contributed by atoms with E-state index in [1.54, 1.807) is 27.4 Å². The van der Waals surface area contributed by atoms with Gasteiger partial charge in [0.15, 0.2) is 23.0 Å². The van der Waals surface area contributed by atoms with Crippen molar-refractivity contribution in [2.24, 2.45) is 0 Å². The highest BCUT2D eigenvalue weighted by atomic mass is 16.5. The van der Waals surface area contributed by atoms with Crippen LogP contribution in [-0.2, 0) is 12.0 Å². The number of phenolic OH excluding ortho intramolecular Hbond substituents is 1. The maximum Gasteiger partial charge on any atom is 0.161 e. The summed E-state index contributed by atoms with van der Waals surface area (Å²) in [5.74, 6) is 2.14. The molecule has 32 heavy (non-hydrogen) atoms. The first-order valence-electron chi connectivity index (χ1n) is 11.3. The first kappa shape index (κ1) is 20.1. The summed E-state index contributed by atoms with van der Waals surface area (Å²) >= 11 is 0. The fourth-order valence-electron chi connectivity index (χ4n) is 7.07. The number of methoxy groups -OCH3 is 3. The SMILES string of the molecule is COc1cc2c(cc1O)C(CO)N1CC3CC4(C)c5cc(OC)c(OC)cc5C(C1C2)N34. The molecule has 0 saturated carbocycles. The molecule has 0 aliphatic carbocycles. The quantitative estimate of drug-likeness (QED) is 0.760. The molecule has 4 aliphatic rings. The number of aliphatic hydroxyl groups is 1. The Kier molecular flexibility index (Phi) is 4.26. The Morgan fingerprint density at radius 1 is 1.00 bits per heavy atom. The summed E-state index contributed by atoms with van der Waals surface area (Å²) in [5.41, 5.74) is 4.76. The number of piperazine rings is 1. The van der Waals surface area contributed by atoms with E-state index in [9.17, 15) is 10.2 Å². The van der Waals surface area contributed by atoms with E-state index in [4.69, 9.17) is 14.2 Å². The number of hydrogen-bond donors (Lipinski definition) is 2. The van der Waals surface area contributed by atoms with E-state index in [-0.39, 0.29) is 36.0 Å². The van der Waals surface area contributed by atoms with Gasteiger partial charge in [0.25, 0.3) is 0 Å². The molecule has 2 N–H and O–H groups in total. The second kappa shape index (κ2) is 6.76. The molecule has 7 nitrogen and oxygen atoms in total. The molecule has 5 unspecified atom stereocenters. The van der Waals surface area contributed by atoms with Crippen LogP contribution in [0, 0.1) is 0 Å². The third-order valence-corrected chi connectivity index (χ3v) is 8.36. The molecule has 0 bridgehead atoms. The average molecular weight is 439 g/mol. The number of benzene rings is 2. The van der Waals surface area contributed by atoms with Crippen molar-refractivity contribution in [3.63, 3.8) is 0 Å². The molecule has 6 rings (SSSR count). The van der Waals surface area contributed by atoms with Crippen LogP contribution in [0.25, 0.3) is 0 Å². The summed E-state index contributed by atoms with van der Waals surface area (Å²) in [6, 6.07) is 8.76. The van der Waals surface area contributed by atoms with Crippen molar-refractivity contribution in [2.45, 2.75) is 49.5 Å². The zero-order valence-electron chi connectivity index (χ0n) is 19.0. The monoisotopic (exact) mass is 438 g/mol. The summed E-state index contributed by atoms with van der Waals surface area (Å²) in [6.07, 6.45) is 1.91. The van der Waals surface area contributed by atoms with Crippen LogP contribution in [0.2, 0.25) is 0 Å². The fourth-order valence-corrected chi connectivity index (χ4v) is 7.07. The summed E-state index contributed by atoms with van der Waals surface area (Å²) in [5, 5.41) is 20.8. The number of hydrogen-bond acceptors (Lipinski definition) is 7. The number of nitrogens with zero attached hydrogens (tertiary/aromatic N) is 2. The van der Waals surface area contributed by atoms with Crippen LogP contribution in [0.15, 0.2) is 24.3 Å². The Balaban J connectivity index is 1.50. The highest BCUT2D eigenvalue weighted by Gasteiger charge is 2.64. The van der Waals surface area contributed by atoms with E-state index < -0.39 is 0 Å². The van der Waals surface area contributed by atoms with Gasteiger partial charge in [0, 0.05) is 24.2 Å². The van der Waals surface area contributed by atoms with Gasteiger partial charge in [-0.25, -0.2) is 0 Å². The van der Waals surface area contributed by atoms with Crippen LogP contribution in [0.5, 0.6) is 23.0 Å². The molecule has 2 saturated heterocycles. The standard InChI is InChI=1S/C25H30N2O5/c1-25-10-14-11-26-18(5-13-6-21(30-2)20(29)7-15(13)19(26)12-28)24(27(14)25)16-8-22(31-3)23(32-4)9-17(16)25/h6-9,14,18-19,24,28-29H,5,10-12H2,1-4H3. The fraction of sp³-hybridized carbons (Fsp3) is 0.520. The summed E-state index contributed by atoms with van der Waals surface area (Å²) in [4.78, 5) is 5.14. The lowest BCUT2D eigenvalue weighted by molar-refractivity contribution is -0.165. The predicted molar refractivity (Wildman–Crippen MR) is 119 cm³/mol. The zero-order valence-corrected chi connectivity index (χ0v) is 19.0. The van der Waals surface area contributed by atoms with Crippen molar-refractivity contribution in [3.8, 4) is 23.0 Å². The van der Waals surface area contributed by atoms with Crippen LogP contribution in [-0.4, -0.2) is 66.6 Å². The molecule has 2 fully saturated rings. The Hall–Kier alpha value is -2.48. The molecule has 5 atom stereocenters. The number of fused-ring (bicyclic) bond motifs is 6. The Labute approximate surface area is 188 Å². The van der Waals surface area contributed by atoms with Crippen molar-refractivity contribution in [3.05, 3.63) is 46.5 Å². The highest BCUT2D eigenvalue weighted by Crippen LogP contribution is 2.63. The van der Waals surface area contributed by atoms with Crippen molar-refractivity contribution in [2.75, 3.05) is 34.5 Å². The first-order chi connectivity index (χ1) is 15.4. The van der Waals surface area contributed by atoms with Gasteiger partial charge in [0.1, 0.15) is 0 Å². The summed E-state index contributed by atoms with van der Waals surface area (Å²) in [6.45, 7) is 3.27. The van der Waals surface area contributed by atoms with E-state index in [1.807, 2.05) is 6.07 Å². The Morgan fingerprint density at radius 3 is 2.41 bits per heavy atom. The number of rotatable bonds is 4. The molecule has 4 heterocycles. The highest BCUT2D eigenvalue weighted by molar-refractivity contribution is 5.57. The number of ether oxygens (including phenoxy) is 3. The minimum Gasteiger partial charge on any atom is -0.504 e. The van der Waals surface area contributed by atoms with Gasteiger partial charge in [-0.1, -0.05) is 0 Å². The van der Waals surface area contributed by atoms with E-state index >= 15 is 0 Å². The number of phenols is 1. The van der Waals surface area contributed by atoms with Gasteiger partial charge in [-0.15, -0.1) is 0 Å². The molecule has 170 valence electrons. The Morgan fingerprint density at radius 2 is 1.72 bits per heavy atom. The van der Waals surface area contributed by atoms with Gasteiger partial charge in [0.2, 0.25) is 0 Å². The van der Waals surface area contributed by atoms with Crippen LogP contribution in [0.3, 0.4) is 0 Å². The van der Waals surface area contributed by atoms with Crippen LogP contribution in [0.4, 0.5) is 0 Å². The third-order valence-electron chi connectivity index (χ3n) is 8.36. The molecule has 0 amide bonds. The lowest BCUT2D eigenvalue weighted by Gasteiger charge is -2.64. The largest absolute Gasteiger partial charge is 0.504 e. The predicted octanol–water partition coefficient (Wildman–Crippen LogP) is 2.74. The van der Waals surface area contributed by atoms with Crippen LogP contribution >= 0.6 is 0 Å². The van der Waals surface area contributed by atoms with Gasteiger partial charge in [-0.2, -0.15) is 0 Å². The van der Waals surface area contributed by atoms with E-state index in [0.717, 1.165) is 42.0 Å². The van der Waals surface area contributed by atoms with Crippen LogP contribution in [0.1, 0.15) is 47.7 Å². The van der Waals surface area contributed by atoms with Gasteiger partial charge < -0.3 is 24.4 Å². The van der Waals surface area contributed by atoms with E-state index in [1.165, 1.54) is 11.1 Å². The average Bonchev–Trinajstić information content (AvgIpc) is 3.01. The second-order valence-electron chi connectivity index (χ2n) is 9.67. The smallest absolute Gasteiger partial charge is 0.161 e. The molecule has 0 radical (unpaired) electrons. The third kappa shape index (κ3) is 2.36. The van der Waals surface area contributed by atoms with Crippen molar-refractivity contribution < 1.29 is 24.4 Å². The first-order valence-corrected chi connectivity index (χ1v) is 11.3.